The first-order valence-electron chi connectivity index (χ1n) is 9.23. The number of esters is 1. The lowest BCUT2D eigenvalue weighted by atomic mass is 10.1. The molecule has 7 heteroatoms. The van der Waals surface area contributed by atoms with Crippen LogP contribution >= 0.6 is 0 Å². The highest BCUT2D eigenvalue weighted by Crippen LogP contribution is 2.23. The first-order chi connectivity index (χ1) is 14.0. The maximum Gasteiger partial charge on any atom is 0.384 e. The van der Waals surface area contributed by atoms with Gasteiger partial charge in [0, 0.05) is 18.1 Å². The van der Waals surface area contributed by atoms with E-state index in [0.29, 0.717) is 19.8 Å². The van der Waals surface area contributed by atoms with Crippen LogP contribution in [0.25, 0.3) is 0 Å². The molecular formula is C22H24N2O5. The first kappa shape index (κ1) is 22.1. The zero-order chi connectivity index (χ0) is 21.1. The molecule has 152 valence electrons. The Morgan fingerprint density at radius 2 is 1.86 bits per heavy atom. The monoisotopic (exact) mass is 396 g/mol. The summed E-state index contributed by atoms with van der Waals surface area (Å²) in [5, 5.41) is 10.9. The van der Waals surface area contributed by atoms with Crippen molar-refractivity contribution in [2.75, 3.05) is 26.8 Å². The molecule has 0 N–H and O–H groups in total. The minimum atomic E-state index is -0.562. The van der Waals surface area contributed by atoms with Gasteiger partial charge in [-0.05, 0) is 25.1 Å². The Kier molecular flexibility index (Phi) is 8.83. The highest BCUT2D eigenvalue weighted by Gasteiger charge is 2.18. The summed E-state index contributed by atoms with van der Waals surface area (Å²) < 4.78 is 10.7. The van der Waals surface area contributed by atoms with Gasteiger partial charge in [0.05, 0.1) is 37.3 Å². The van der Waals surface area contributed by atoms with Crippen LogP contribution in [0.1, 0.15) is 24.1 Å². The van der Waals surface area contributed by atoms with Gasteiger partial charge in [0.1, 0.15) is 0 Å². The molecule has 0 aliphatic carbocycles. The van der Waals surface area contributed by atoms with Crippen molar-refractivity contribution in [3.63, 3.8) is 0 Å². The molecule has 0 fully saturated rings. The summed E-state index contributed by atoms with van der Waals surface area (Å²) in [6, 6.07) is 16.0. The summed E-state index contributed by atoms with van der Waals surface area (Å²) in [5.74, 6) is 4.68. The Bertz CT molecular complexity index is 856. The van der Waals surface area contributed by atoms with E-state index in [9.17, 15) is 14.9 Å². The third kappa shape index (κ3) is 7.37. The molecule has 0 heterocycles. The van der Waals surface area contributed by atoms with Gasteiger partial charge in [0.2, 0.25) is 0 Å². The summed E-state index contributed by atoms with van der Waals surface area (Å²) >= 11 is 0. The number of carbonyl (C=O) groups is 1. The summed E-state index contributed by atoms with van der Waals surface area (Å²) in [4.78, 5) is 23.8. The van der Waals surface area contributed by atoms with E-state index in [2.05, 4.69) is 11.8 Å². The number of hydrogen-bond acceptors (Lipinski definition) is 6. The number of ether oxygens (including phenoxy) is 2. The molecule has 0 aliphatic heterocycles. The Balaban J connectivity index is 2.08. The van der Waals surface area contributed by atoms with Crippen LogP contribution in [0.5, 0.6) is 0 Å². The Morgan fingerprint density at radius 1 is 1.17 bits per heavy atom. The molecule has 1 atom stereocenters. The molecular weight excluding hydrogens is 372 g/mol. The summed E-state index contributed by atoms with van der Waals surface area (Å²) in [6.45, 7) is 3.13. The number of hydrogen-bond donors (Lipinski definition) is 0. The largest absolute Gasteiger partial charge is 0.456 e. The molecule has 29 heavy (non-hydrogen) atoms. The van der Waals surface area contributed by atoms with Gasteiger partial charge in [-0.2, -0.15) is 0 Å². The quantitative estimate of drug-likeness (QED) is 0.213. The zero-order valence-corrected chi connectivity index (χ0v) is 16.5. The van der Waals surface area contributed by atoms with Crippen molar-refractivity contribution >= 4 is 11.7 Å². The van der Waals surface area contributed by atoms with Crippen molar-refractivity contribution in [1.29, 1.82) is 0 Å². The molecule has 0 amide bonds. The van der Waals surface area contributed by atoms with Gasteiger partial charge in [-0.1, -0.05) is 48.4 Å². The van der Waals surface area contributed by atoms with Gasteiger partial charge >= 0.3 is 5.97 Å². The molecule has 0 spiro atoms. The predicted octanol–water partition coefficient (Wildman–Crippen LogP) is 3.35. The van der Waals surface area contributed by atoms with E-state index < -0.39 is 10.9 Å². The highest BCUT2D eigenvalue weighted by atomic mass is 16.6. The molecule has 2 rings (SSSR count). The number of carbonyl (C=O) groups excluding carboxylic acids is 1. The lowest BCUT2D eigenvalue weighted by Crippen LogP contribution is -2.29. The number of benzene rings is 2. The highest BCUT2D eigenvalue weighted by molar-refractivity contribution is 5.88. The van der Waals surface area contributed by atoms with Crippen LogP contribution < -0.4 is 0 Å². The lowest BCUT2D eigenvalue weighted by Gasteiger charge is -2.26. The fourth-order valence-corrected chi connectivity index (χ4v) is 2.67. The molecule has 1 unspecified atom stereocenters. The maximum atomic E-state index is 11.4. The van der Waals surface area contributed by atoms with Gasteiger partial charge in [0.15, 0.2) is 0 Å². The second-order valence-corrected chi connectivity index (χ2v) is 6.30. The van der Waals surface area contributed by atoms with Gasteiger partial charge in [-0.25, -0.2) is 4.79 Å². The number of likely N-dealkylation sites (N-methyl/N-ethyl adjacent to an activating group) is 1. The predicted molar refractivity (Wildman–Crippen MR) is 109 cm³/mol. The van der Waals surface area contributed by atoms with Gasteiger partial charge < -0.3 is 9.47 Å². The van der Waals surface area contributed by atoms with Crippen LogP contribution in [0.15, 0.2) is 54.6 Å². The number of nitrogens with zero attached hydrogens (tertiary/aromatic N) is 2. The number of nitro benzene ring substituents is 1. The molecule has 2 aromatic rings. The van der Waals surface area contributed by atoms with Crippen molar-refractivity contribution in [3.05, 3.63) is 75.8 Å². The smallest absolute Gasteiger partial charge is 0.384 e. The van der Waals surface area contributed by atoms with Gasteiger partial charge in [-0.15, -0.1) is 0 Å². The van der Waals surface area contributed by atoms with Crippen molar-refractivity contribution < 1.29 is 19.2 Å². The van der Waals surface area contributed by atoms with Gasteiger partial charge in [-0.3, -0.25) is 15.0 Å². The summed E-state index contributed by atoms with van der Waals surface area (Å²) in [6.07, 6.45) is 0. The molecule has 7 nitrogen and oxygen atoms in total. The molecule has 0 bridgehead atoms. The fraction of sp³-hybridized carbons (Fsp3) is 0.318. The van der Waals surface area contributed by atoms with E-state index >= 15 is 0 Å². The van der Waals surface area contributed by atoms with E-state index in [4.69, 9.17) is 9.47 Å². The normalized spacial score (nSPS) is 11.4. The van der Waals surface area contributed by atoms with E-state index in [-0.39, 0.29) is 18.3 Å². The minimum Gasteiger partial charge on any atom is -0.456 e. The topological polar surface area (TPSA) is 81.9 Å². The number of rotatable bonds is 9. The Hall–Kier alpha value is -3.21. The summed E-state index contributed by atoms with van der Waals surface area (Å²) in [7, 11) is 1.86. The number of non-ortho nitro benzene ring substituents is 1. The second kappa shape index (κ2) is 11.6. The van der Waals surface area contributed by atoms with Crippen LogP contribution in [0.4, 0.5) is 5.69 Å². The SMILES string of the molecule is CCOC(=O)C#CCN(C)C(COCc1ccccc1)c1ccc([N+](=O)[O-])cc1. The third-order valence-electron chi connectivity index (χ3n) is 4.20. The molecule has 2 aromatic carbocycles. The van der Waals surface area contributed by atoms with Crippen molar-refractivity contribution in [2.24, 2.45) is 0 Å². The van der Waals surface area contributed by atoms with E-state index in [1.807, 2.05) is 42.3 Å². The summed E-state index contributed by atoms with van der Waals surface area (Å²) in [5.41, 5.74) is 1.95. The average Bonchev–Trinajstić information content (AvgIpc) is 2.72. The van der Waals surface area contributed by atoms with Gasteiger partial charge in [0.25, 0.3) is 5.69 Å². The van der Waals surface area contributed by atoms with Crippen molar-refractivity contribution in [3.8, 4) is 11.8 Å². The Morgan fingerprint density at radius 3 is 2.48 bits per heavy atom. The molecule has 0 aromatic heterocycles. The maximum absolute atomic E-state index is 11.4. The van der Waals surface area contributed by atoms with Crippen LogP contribution in [0.3, 0.4) is 0 Å². The van der Waals surface area contributed by atoms with Crippen molar-refractivity contribution in [2.45, 2.75) is 19.6 Å². The van der Waals surface area contributed by atoms with Crippen LogP contribution in [-0.4, -0.2) is 42.6 Å². The second-order valence-electron chi connectivity index (χ2n) is 6.30. The van der Waals surface area contributed by atoms with Crippen molar-refractivity contribution in [1.82, 2.24) is 4.90 Å². The first-order valence-corrected chi connectivity index (χ1v) is 9.23. The van der Waals surface area contributed by atoms with E-state index in [0.717, 1.165) is 11.1 Å². The lowest BCUT2D eigenvalue weighted by molar-refractivity contribution is -0.384. The van der Waals surface area contributed by atoms with E-state index in [1.54, 1.807) is 19.1 Å². The minimum absolute atomic E-state index is 0.0301. The van der Waals surface area contributed by atoms with Crippen LogP contribution in [0, 0.1) is 22.0 Å². The molecule has 0 aliphatic rings. The average molecular weight is 396 g/mol. The zero-order valence-electron chi connectivity index (χ0n) is 16.5. The van der Waals surface area contributed by atoms with E-state index in [1.165, 1.54) is 12.1 Å². The molecule has 0 radical (unpaired) electrons. The Labute approximate surface area is 170 Å². The molecule has 0 saturated heterocycles. The standard InChI is InChI=1S/C22H24N2O5/c1-3-29-22(25)10-7-15-23(2)21(17-28-16-18-8-5-4-6-9-18)19-11-13-20(14-12-19)24(26)27/h4-6,8-9,11-14,21H,3,15-17H2,1-2H3. The number of nitro groups is 1. The van der Waals surface area contributed by atoms with Crippen LogP contribution in [-0.2, 0) is 20.9 Å². The third-order valence-corrected chi connectivity index (χ3v) is 4.20. The fourth-order valence-electron chi connectivity index (χ4n) is 2.67. The van der Waals surface area contributed by atoms with Crippen LogP contribution in [0.2, 0.25) is 0 Å². The molecule has 0 saturated carbocycles.